The lowest BCUT2D eigenvalue weighted by Crippen LogP contribution is -2.35. The molecule has 1 aromatic heterocycles. The first-order valence-corrected chi connectivity index (χ1v) is 11.4. The molecule has 1 aromatic carbocycles. The Hall–Kier alpha value is -3.42. The zero-order chi connectivity index (χ0) is 24.8. The number of benzene rings is 1. The molecule has 1 aliphatic carbocycles. The van der Waals surface area contributed by atoms with Crippen LogP contribution in [0.1, 0.15) is 70.7 Å². The normalized spacial score (nSPS) is 19.5. The highest BCUT2D eigenvalue weighted by Gasteiger charge is 2.33. The minimum Gasteiger partial charge on any atom is -0.457 e. The summed E-state index contributed by atoms with van der Waals surface area (Å²) in [6, 6.07) is 9.53. The number of pyridine rings is 1. The van der Waals surface area contributed by atoms with E-state index in [2.05, 4.69) is 10.5 Å². The highest BCUT2D eigenvalue weighted by Crippen LogP contribution is 2.32. The second kappa shape index (κ2) is 10.7. The molecule has 1 atom stereocenters. The number of ether oxygens (including phenoxy) is 2. The Kier molecular flexibility index (Phi) is 7.91. The van der Waals surface area contributed by atoms with E-state index in [1.807, 2.05) is 70.2 Å². The van der Waals surface area contributed by atoms with Crippen molar-refractivity contribution < 1.29 is 23.9 Å². The first-order chi connectivity index (χ1) is 16.1. The van der Waals surface area contributed by atoms with E-state index in [4.69, 9.17) is 19.3 Å². The maximum Gasteiger partial charge on any atom is 0.408 e. The van der Waals surface area contributed by atoms with Crippen LogP contribution in [0.25, 0.3) is 17.0 Å². The topological polar surface area (TPSA) is 99.1 Å². The monoisotopic (exact) mass is 467 g/mol. The average Bonchev–Trinajstić information content (AvgIpc) is 2.78. The first-order valence-electron chi connectivity index (χ1n) is 11.4. The lowest BCUT2D eigenvalue weighted by Gasteiger charge is -2.33. The third-order valence-electron chi connectivity index (χ3n) is 5.67. The summed E-state index contributed by atoms with van der Waals surface area (Å²) in [5.74, 6) is 0. The van der Waals surface area contributed by atoms with Gasteiger partial charge in [0.1, 0.15) is 18.3 Å². The average molecular weight is 468 g/mol. The summed E-state index contributed by atoms with van der Waals surface area (Å²) in [6.45, 7) is 7.85. The molecule has 34 heavy (non-hydrogen) atoms. The third-order valence-corrected chi connectivity index (χ3v) is 5.67. The minimum atomic E-state index is -0.662. The predicted octanol–water partition coefficient (Wildman–Crippen LogP) is 5.32. The molecule has 0 bridgehead atoms. The van der Waals surface area contributed by atoms with Crippen molar-refractivity contribution in [3.05, 3.63) is 47.7 Å². The lowest BCUT2D eigenvalue weighted by atomic mass is 9.83. The fraction of sp³-hybridized carbons (Fsp3) is 0.462. The van der Waals surface area contributed by atoms with E-state index >= 15 is 0 Å². The lowest BCUT2D eigenvalue weighted by molar-refractivity contribution is -0.140. The highest BCUT2D eigenvalue weighted by molar-refractivity contribution is 5.85. The third kappa shape index (κ3) is 6.79. The van der Waals surface area contributed by atoms with E-state index in [9.17, 15) is 9.59 Å². The molecule has 8 heteroatoms. The van der Waals surface area contributed by atoms with Crippen LogP contribution in [0, 0.1) is 0 Å². The summed E-state index contributed by atoms with van der Waals surface area (Å²) in [4.78, 5) is 32.9. The number of nitrogens with one attached hydrogen (secondary N) is 1. The van der Waals surface area contributed by atoms with E-state index in [1.165, 1.54) is 7.11 Å². The molecular weight excluding hydrogens is 434 g/mol. The number of alkyl carbamates (subject to hydrolysis) is 1. The van der Waals surface area contributed by atoms with Crippen LogP contribution in [0.15, 0.2) is 41.6 Å². The molecule has 1 N–H and O–H groups in total. The number of fused-ring (bicyclic) bond motifs is 1. The Bertz CT molecular complexity index is 1080. The molecule has 182 valence electrons. The first kappa shape index (κ1) is 25.2. The molecule has 0 radical (unpaired) electrons. The van der Waals surface area contributed by atoms with Crippen molar-refractivity contribution >= 4 is 35.3 Å². The highest BCUT2D eigenvalue weighted by atomic mass is 16.6. The largest absolute Gasteiger partial charge is 0.457 e. The number of hydrogen-bond acceptors (Lipinski definition) is 7. The SMILES string of the molecule is CON=C1CCC(C=Cc2ccc3ccc([C@@H](C)NC(=O)OC(C)(C)C)nc3c2)(OC=O)CC1. The van der Waals surface area contributed by atoms with Crippen molar-refractivity contribution in [3.8, 4) is 0 Å². The van der Waals surface area contributed by atoms with Crippen LogP contribution < -0.4 is 5.32 Å². The van der Waals surface area contributed by atoms with Crippen LogP contribution in [0.3, 0.4) is 0 Å². The van der Waals surface area contributed by atoms with Gasteiger partial charge in [0.2, 0.25) is 0 Å². The van der Waals surface area contributed by atoms with Crippen molar-refractivity contribution in [1.82, 2.24) is 10.3 Å². The molecule has 1 aliphatic rings. The number of nitrogens with zero attached hydrogens (tertiary/aromatic N) is 2. The fourth-order valence-corrected chi connectivity index (χ4v) is 3.90. The zero-order valence-corrected chi connectivity index (χ0v) is 20.5. The van der Waals surface area contributed by atoms with Crippen LogP contribution in [-0.2, 0) is 19.1 Å². The predicted molar refractivity (Wildman–Crippen MR) is 131 cm³/mol. The number of aromatic nitrogens is 1. The zero-order valence-electron chi connectivity index (χ0n) is 20.5. The number of oxime groups is 1. The van der Waals surface area contributed by atoms with Crippen LogP contribution in [0.5, 0.6) is 0 Å². The van der Waals surface area contributed by atoms with Crippen LogP contribution in [0.4, 0.5) is 4.79 Å². The van der Waals surface area contributed by atoms with E-state index in [-0.39, 0.29) is 6.04 Å². The van der Waals surface area contributed by atoms with Gasteiger partial charge in [0.05, 0.1) is 23.0 Å². The van der Waals surface area contributed by atoms with Gasteiger partial charge in [0.15, 0.2) is 0 Å². The molecule has 3 rings (SSSR count). The van der Waals surface area contributed by atoms with Crippen molar-refractivity contribution in [3.63, 3.8) is 0 Å². The standard InChI is InChI=1S/C26H33N3O5/c1-18(27-24(31)34-25(2,3)4)22-9-8-20-7-6-19(16-23(20)28-22)10-13-26(33-17-30)14-11-21(12-15-26)29-32-5/h6-10,13,16-18H,11-12,14-15H2,1-5H3,(H,27,31)/t18-,26?/m1/s1. The van der Waals surface area contributed by atoms with Gasteiger partial charge in [-0.15, -0.1) is 0 Å². The van der Waals surface area contributed by atoms with Gasteiger partial charge in [0.25, 0.3) is 6.47 Å². The Labute approximate surface area is 200 Å². The van der Waals surface area contributed by atoms with Crippen molar-refractivity contribution in [2.45, 2.75) is 70.6 Å². The fourth-order valence-electron chi connectivity index (χ4n) is 3.90. The number of carbonyl (C=O) groups is 2. The number of carbonyl (C=O) groups excluding carboxylic acids is 2. The van der Waals surface area contributed by atoms with Gasteiger partial charge in [-0.2, -0.15) is 0 Å². The Morgan fingerprint density at radius 3 is 2.56 bits per heavy atom. The van der Waals surface area contributed by atoms with Gasteiger partial charge < -0.3 is 19.6 Å². The number of hydrogen-bond donors (Lipinski definition) is 1. The quantitative estimate of drug-likeness (QED) is 0.437. The van der Waals surface area contributed by atoms with Crippen molar-refractivity contribution in [1.29, 1.82) is 0 Å². The summed E-state index contributed by atoms with van der Waals surface area (Å²) in [7, 11) is 1.53. The Morgan fingerprint density at radius 1 is 1.21 bits per heavy atom. The molecular formula is C26H33N3O5. The van der Waals surface area contributed by atoms with Crippen LogP contribution >= 0.6 is 0 Å². The van der Waals surface area contributed by atoms with E-state index < -0.39 is 17.3 Å². The second-order valence-electron chi connectivity index (χ2n) is 9.51. The number of rotatable bonds is 7. The Morgan fingerprint density at radius 2 is 1.91 bits per heavy atom. The van der Waals surface area contributed by atoms with Gasteiger partial charge in [-0.05, 0) is 77.2 Å². The van der Waals surface area contributed by atoms with Gasteiger partial charge in [-0.3, -0.25) is 9.78 Å². The van der Waals surface area contributed by atoms with Gasteiger partial charge >= 0.3 is 6.09 Å². The van der Waals surface area contributed by atoms with Crippen LogP contribution in [0.2, 0.25) is 0 Å². The molecule has 0 spiro atoms. The molecule has 0 saturated heterocycles. The maximum absolute atomic E-state index is 12.1. The summed E-state index contributed by atoms with van der Waals surface area (Å²) in [5, 5.41) is 7.84. The molecule has 1 fully saturated rings. The van der Waals surface area contributed by atoms with Gasteiger partial charge in [-0.25, -0.2) is 4.79 Å². The van der Waals surface area contributed by atoms with Gasteiger partial charge in [0, 0.05) is 5.39 Å². The summed E-state index contributed by atoms with van der Waals surface area (Å²) in [5.41, 5.74) is 2.22. The number of amides is 1. The van der Waals surface area contributed by atoms with Crippen molar-refractivity contribution in [2.24, 2.45) is 5.16 Å². The minimum absolute atomic E-state index is 0.312. The molecule has 1 saturated carbocycles. The molecule has 8 nitrogen and oxygen atoms in total. The molecule has 1 amide bonds. The van der Waals surface area contributed by atoms with Gasteiger partial charge in [-0.1, -0.05) is 29.4 Å². The molecule has 0 unspecified atom stereocenters. The molecule has 0 aliphatic heterocycles. The van der Waals surface area contributed by atoms with E-state index in [0.29, 0.717) is 32.2 Å². The summed E-state index contributed by atoms with van der Waals surface area (Å²) >= 11 is 0. The second-order valence-corrected chi connectivity index (χ2v) is 9.51. The summed E-state index contributed by atoms with van der Waals surface area (Å²) < 4.78 is 10.8. The maximum atomic E-state index is 12.1. The molecule has 1 heterocycles. The smallest absolute Gasteiger partial charge is 0.408 e. The van der Waals surface area contributed by atoms with Crippen molar-refractivity contribution in [2.75, 3.05) is 7.11 Å². The Balaban J connectivity index is 1.77. The van der Waals surface area contributed by atoms with Crippen LogP contribution in [-0.4, -0.2) is 41.6 Å². The van der Waals surface area contributed by atoms with E-state index in [1.54, 1.807) is 0 Å². The molecule has 2 aromatic rings. The van der Waals surface area contributed by atoms with E-state index in [0.717, 1.165) is 27.9 Å². The summed E-state index contributed by atoms with van der Waals surface area (Å²) in [6.07, 6.45) is 6.13.